The van der Waals surface area contributed by atoms with Gasteiger partial charge in [-0.2, -0.15) is 0 Å². The average molecular weight is 242 g/mol. The Balaban J connectivity index is 1.90. The molecule has 0 N–H and O–H groups in total. The Morgan fingerprint density at radius 2 is 1.83 bits per heavy atom. The number of benzene rings is 1. The highest BCUT2D eigenvalue weighted by atomic mass is 16.1. The second-order valence-corrected chi connectivity index (χ2v) is 6.86. The van der Waals surface area contributed by atoms with Crippen molar-refractivity contribution in [3.8, 4) is 0 Å². The fraction of sp³-hybridized carbons (Fsp3) is 0.588. The molecule has 96 valence electrons. The monoisotopic (exact) mass is 242 g/mol. The molecule has 0 aliphatic heterocycles. The standard InChI is InChI=1S/C17H22O/c1-16(2)14-9-10-17(16,3)15(18)13(14)11-12-7-5-4-6-8-12/h4-8,13-14H,9-11H2,1-3H3/t13-,14-,17+/m0/s1. The number of hydrogen-bond acceptors (Lipinski definition) is 1. The zero-order chi connectivity index (χ0) is 13.0. The summed E-state index contributed by atoms with van der Waals surface area (Å²) >= 11 is 0. The first kappa shape index (κ1) is 12.0. The summed E-state index contributed by atoms with van der Waals surface area (Å²) in [4.78, 5) is 12.7. The Morgan fingerprint density at radius 1 is 1.17 bits per heavy atom. The third-order valence-electron chi connectivity index (χ3n) is 5.97. The van der Waals surface area contributed by atoms with E-state index in [1.807, 2.05) is 6.07 Å². The zero-order valence-corrected chi connectivity index (χ0v) is 11.6. The second-order valence-electron chi connectivity index (χ2n) is 6.86. The Hall–Kier alpha value is -1.11. The molecule has 1 aromatic carbocycles. The van der Waals surface area contributed by atoms with Gasteiger partial charge >= 0.3 is 0 Å². The van der Waals surface area contributed by atoms with Crippen LogP contribution in [0.15, 0.2) is 30.3 Å². The van der Waals surface area contributed by atoms with Gasteiger partial charge in [-0.1, -0.05) is 51.1 Å². The summed E-state index contributed by atoms with van der Waals surface area (Å²) in [6.45, 7) is 6.79. The van der Waals surface area contributed by atoms with Crippen LogP contribution >= 0.6 is 0 Å². The highest BCUT2D eigenvalue weighted by Crippen LogP contribution is 2.66. The van der Waals surface area contributed by atoms with Crippen LogP contribution in [0.25, 0.3) is 0 Å². The summed E-state index contributed by atoms with van der Waals surface area (Å²) < 4.78 is 0. The molecule has 1 aromatic rings. The maximum absolute atomic E-state index is 12.7. The van der Waals surface area contributed by atoms with Gasteiger partial charge in [0.05, 0.1) is 0 Å². The van der Waals surface area contributed by atoms with Gasteiger partial charge in [0.1, 0.15) is 5.78 Å². The normalized spacial score (nSPS) is 37.2. The summed E-state index contributed by atoms with van der Waals surface area (Å²) in [5.74, 6) is 1.35. The van der Waals surface area contributed by atoms with Crippen LogP contribution in [0.3, 0.4) is 0 Å². The molecule has 0 spiro atoms. The molecule has 2 bridgehead atoms. The molecule has 3 rings (SSSR count). The maximum Gasteiger partial charge on any atom is 0.142 e. The first-order valence-corrected chi connectivity index (χ1v) is 7.05. The van der Waals surface area contributed by atoms with Crippen molar-refractivity contribution >= 4 is 5.78 Å². The molecular formula is C17H22O. The van der Waals surface area contributed by atoms with Crippen LogP contribution in [-0.2, 0) is 11.2 Å². The zero-order valence-electron chi connectivity index (χ0n) is 11.6. The predicted molar refractivity (Wildman–Crippen MR) is 73.3 cm³/mol. The van der Waals surface area contributed by atoms with Gasteiger partial charge in [-0.3, -0.25) is 4.79 Å². The third kappa shape index (κ3) is 1.36. The van der Waals surface area contributed by atoms with E-state index < -0.39 is 0 Å². The van der Waals surface area contributed by atoms with Crippen molar-refractivity contribution in [2.45, 2.75) is 40.0 Å². The summed E-state index contributed by atoms with van der Waals surface area (Å²) in [7, 11) is 0. The lowest BCUT2D eigenvalue weighted by atomic mass is 9.70. The number of hydrogen-bond donors (Lipinski definition) is 0. The molecule has 0 saturated heterocycles. The number of fused-ring (bicyclic) bond motifs is 2. The minimum Gasteiger partial charge on any atom is -0.299 e. The highest BCUT2D eigenvalue weighted by molar-refractivity contribution is 5.91. The molecule has 0 heterocycles. The Morgan fingerprint density at radius 3 is 2.39 bits per heavy atom. The van der Waals surface area contributed by atoms with Gasteiger partial charge in [-0.15, -0.1) is 0 Å². The average Bonchev–Trinajstić information content (AvgIpc) is 2.65. The lowest BCUT2D eigenvalue weighted by Gasteiger charge is -2.32. The van der Waals surface area contributed by atoms with Crippen molar-refractivity contribution in [3.63, 3.8) is 0 Å². The summed E-state index contributed by atoms with van der Waals surface area (Å²) in [5, 5.41) is 0. The Kier molecular flexibility index (Phi) is 2.45. The third-order valence-corrected chi connectivity index (χ3v) is 5.97. The topological polar surface area (TPSA) is 17.1 Å². The van der Waals surface area contributed by atoms with Gasteiger partial charge in [0, 0.05) is 11.3 Å². The van der Waals surface area contributed by atoms with Crippen LogP contribution in [0.2, 0.25) is 0 Å². The van der Waals surface area contributed by atoms with Crippen LogP contribution in [0, 0.1) is 22.7 Å². The molecule has 0 amide bonds. The first-order valence-electron chi connectivity index (χ1n) is 7.05. The van der Waals surface area contributed by atoms with E-state index in [0.717, 1.165) is 12.8 Å². The van der Waals surface area contributed by atoms with Gasteiger partial charge < -0.3 is 0 Å². The fourth-order valence-corrected chi connectivity index (χ4v) is 4.38. The van der Waals surface area contributed by atoms with Crippen LogP contribution < -0.4 is 0 Å². The smallest absolute Gasteiger partial charge is 0.142 e. The lowest BCUT2D eigenvalue weighted by Crippen LogP contribution is -2.33. The van der Waals surface area contributed by atoms with E-state index in [1.54, 1.807) is 0 Å². The van der Waals surface area contributed by atoms with Crippen molar-refractivity contribution in [2.24, 2.45) is 22.7 Å². The van der Waals surface area contributed by atoms with E-state index in [2.05, 4.69) is 45.0 Å². The van der Waals surface area contributed by atoms with Gasteiger partial charge in [0.25, 0.3) is 0 Å². The predicted octanol–water partition coefficient (Wildman–Crippen LogP) is 3.87. The van der Waals surface area contributed by atoms with E-state index in [-0.39, 0.29) is 16.7 Å². The quantitative estimate of drug-likeness (QED) is 0.769. The minimum absolute atomic E-state index is 0.0723. The summed E-state index contributed by atoms with van der Waals surface area (Å²) in [6.07, 6.45) is 3.25. The van der Waals surface area contributed by atoms with Crippen LogP contribution in [0.4, 0.5) is 0 Å². The molecule has 18 heavy (non-hydrogen) atoms. The van der Waals surface area contributed by atoms with E-state index >= 15 is 0 Å². The molecular weight excluding hydrogens is 220 g/mol. The van der Waals surface area contributed by atoms with E-state index in [0.29, 0.717) is 11.7 Å². The van der Waals surface area contributed by atoms with Crippen LogP contribution in [-0.4, -0.2) is 5.78 Å². The van der Waals surface area contributed by atoms with Crippen molar-refractivity contribution in [2.75, 3.05) is 0 Å². The SMILES string of the molecule is CC1(C)[C@H]2CC[C@]1(C)C(=O)[C@H]2Cc1ccccc1. The number of carbonyl (C=O) groups excluding carboxylic acids is 1. The number of ketones is 1. The highest BCUT2D eigenvalue weighted by Gasteiger charge is 2.65. The maximum atomic E-state index is 12.7. The molecule has 0 aromatic heterocycles. The number of rotatable bonds is 2. The van der Waals surface area contributed by atoms with Crippen molar-refractivity contribution < 1.29 is 4.79 Å². The van der Waals surface area contributed by atoms with Gasteiger partial charge in [-0.05, 0) is 36.2 Å². The largest absolute Gasteiger partial charge is 0.299 e. The fourth-order valence-electron chi connectivity index (χ4n) is 4.38. The van der Waals surface area contributed by atoms with E-state index in [4.69, 9.17) is 0 Å². The number of Topliss-reactive ketones (excluding diaryl/α,β-unsaturated/α-hetero) is 1. The molecule has 1 heteroatoms. The van der Waals surface area contributed by atoms with Crippen molar-refractivity contribution in [3.05, 3.63) is 35.9 Å². The lowest BCUT2D eigenvalue weighted by molar-refractivity contribution is -0.131. The molecule has 2 saturated carbocycles. The van der Waals surface area contributed by atoms with Gasteiger partial charge in [0.2, 0.25) is 0 Å². The van der Waals surface area contributed by atoms with Gasteiger partial charge in [0.15, 0.2) is 0 Å². The Labute approximate surface area is 110 Å². The van der Waals surface area contributed by atoms with Crippen LogP contribution in [0.1, 0.15) is 39.2 Å². The minimum atomic E-state index is -0.0723. The molecule has 0 radical (unpaired) electrons. The van der Waals surface area contributed by atoms with Crippen molar-refractivity contribution in [1.29, 1.82) is 0 Å². The van der Waals surface area contributed by atoms with E-state index in [9.17, 15) is 4.79 Å². The molecule has 2 aliphatic carbocycles. The van der Waals surface area contributed by atoms with E-state index in [1.165, 1.54) is 12.0 Å². The number of carbonyl (C=O) groups is 1. The molecule has 3 atom stereocenters. The van der Waals surface area contributed by atoms with Crippen molar-refractivity contribution in [1.82, 2.24) is 0 Å². The molecule has 2 fully saturated rings. The van der Waals surface area contributed by atoms with Gasteiger partial charge in [-0.25, -0.2) is 0 Å². The molecule has 0 unspecified atom stereocenters. The first-order chi connectivity index (χ1) is 8.47. The van der Waals surface area contributed by atoms with Crippen LogP contribution in [0.5, 0.6) is 0 Å². The second kappa shape index (κ2) is 3.69. The summed E-state index contributed by atoms with van der Waals surface area (Å²) in [6, 6.07) is 10.5. The molecule has 1 nitrogen and oxygen atoms in total. The Bertz CT molecular complexity index is 474. The summed E-state index contributed by atoms with van der Waals surface area (Å²) in [5.41, 5.74) is 1.42. The molecule has 2 aliphatic rings.